The topological polar surface area (TPSA) is 225 Å². The average molecular weight is 583 g/mol. The average Bonchev–Trinajstić information content (AvgIpc) is 2.96. The van der Waals surface area contributed by atoms with Crippen LogP contribution in [0.5, 0.6) is 34.5 Å². The molecule has 0 spiro atoms. The summed E-state index contributed by atoms with van der Waals surface area (Å²) in [4.78, 5) is 11.5. The van der Waals surface area contributed by atoms with E-state index in [4.69, 9.17) is 23.7 Å². The summed E-state index contributed by atoms with van der Waals surface area (Å²) in [7, 11) is 3.99. The van der Waals surface area contributed by atoms with Crippen LogP contribution in [0.15, 0.2) is 18.2 Å². The van der Waals surface area contributed by atoms with Crippen LogP contribution in [0.2, 0.25) is 0 Å². The monoisotopic (exact) mass is 582 g/mol. The molecule has 0 amide bonds. The number of rotatable bonds is 9. The highest BCUT2D eigenvalue weighted by Crippen LogP contribution is 2.54. The molecule has 1 fully saturated rings. The SMILES string of the molecule is COc1cc(C2c3c(cc(OC)c(O)c3O)CC(CO)C2CO[C@H]2O[C@@H](C(=O)O)[C@H](O)[C@@H](O)[C@@H]2O)cc(OC)c1O. The Morgan fingerprint density at radius 1 is 0.878 bits per heavy atom. The molecule has 2 aliphatic rings. The molecular weight excluding hydrogens is 548 g/mol. The van der Waals surface area contributed by atoms with Gasteiger partial charge in [0.15, 0.2) is 35.4 Å². The Morgan fingerprint density at radius 2 is 1.46 bits per heavy atom. The van der Waals surface area contributed by atoms with Crippen molar-refractivity contribution in [3.05, 3.63) is 34.9 Å². The Morgan fingerprint density at radius 3 is 2.00 bits per heavy atom. The van der Waals surface area contributed by atoms with Gasteiger partial charge in [0, 0.05) is 18.1 Å². The fourth-order valence-electron chi connectivity index (χ4n) is 5.63. The molecule has 1 saturated heterocycles. The molecule has 3 unspecified atom stereocenters. The number of hydrogen-bond acceptors (Lipinski definition) is 13. The van der Waals surface area contributed by atoms with E-state index >= 15 is 0 Å². The van der Waals surface area contributed by atoms with Crippen molar-refractivity contribution < 1.29 is 69.3 Å². The molecule has 0 saturated carbocycles. The van der Waals surface area contributed by atoms with Crippen molar-refractivity contribution in [2.45, 2.75) is 43.0 Å². The first-order chi connectivity index (χ1) is 19.5. The highest BCUT2D eigenvalue weighted by Gasteiger charge is 2.49. The number of ether oxygens (including phenoxy) is 5. The number of fused-ring (bicyclic) bond motifs is 1. The maximum Gasteiger partial charge on any atom is 0.335 e. The summed E-state index contributed by atoms with van der Waals surface area (Å²) >= 11 is 0. The minimum atomic E-state index is -1.91. The van der Waals surface area contributed by atoms with E-state index in [0.29, 0.717) is 11.1 Å². The lowest BCUT2D eigenvalue weighted by Gasteiger charge is -2.42. The number of carboxylic acids is 1. The van der Waals surface area contributed by atoms with E-state index in [1.807, 2.05) is 0 Å². The van der Waals surface area contributed by atoms with Gasteiger partial charge in [-0.25, -0.2) is 4.79 Å². The number of aliphatic carboxylic acids is 1. The molecule has 226 valence electrons. The van der Waals surface area contributed by atoms with Crippen molar-refractivity contribution in [3.8, 4) is 34.5 Å². The van der Waals surface area contributed by atoms with Gasteiger partial charge in [0.2, 0.25) is 11.5 Å². The third-order valence-corrected chi connectivity index (χ3v) is 7.77. The molecule has 8 N–H and O–H groups in total. The highest BCUT2D eigenvalue weighted by atomic mass is 16.7. The summed E-state index contributed by atoms with van der Waals surface area (Å²) in [5, 5.41) is 82.8. The lowest BCUT2D eigenvalue weighted by molar-refractivity contribution is -0.297. The molecule has 0 aromatic heterocycles. The van der Waals surface area contributed by atoms with Gasteiger partial charge in [-0.1, -0.05) is 0 Å². The predicted octanol–water partition coefficient (Wildman–Crippen LogP) is -0.349. The normalized spacial score (nSPS) is 29.4. The summed E-state index contributed by atoms with van der Waals surface area (Å²) in [5.41, 5.74) is 1.23. The third kappa shape index (κ3) is 5.41. The Balaban J connectivity index is 1.82. The first-order valence-corrected chi connectivity index (χ1v) is 12.7. The van der Waals surface area contributed by atoms with Crippen LogP contribution in [0.3, 0.4) is 0 Å². The number of aromatic hydroxyl groups is 3. The van der Waals surface area contributed by atoms with Crippen LogP contribution in [0.1, 0.15) is 22.6 Å². The highest BCUT2D eigenvalue weighted by molar-refractivity contribution is 5.73. The maximum absolute atomic E-state index is 11.5. The van der Waals surface area contributed by atoms with Gasteiger partial charge in [0.05, 0.1) is 27.9 Å². The molecule has 2 aromatic carbocycles. The molecule has 1 aliphatic heterocycles. The van der Waals surface area contributed by atoms with Crippen LogP contribution < -0.4 is 14.2 Å². The van der Waals surface area contributed by atoms with Gasteiger partial charge in [-0.3, -0.25) is 0 Å². The van der Waals surface area contributed by atoms with E-state index in [-0.39, 0.29) is 48.2 Å². The summed E-state index contributed by atoms with van der Waals surface area (Å²) in [6.45, 7) is -0.683. The second kappa shape index (κ2) is 12.1. The van der Waals surface area contributed by atoms with Crippen molar-refractivity contribution in [3.63, 3.8) is 0 Å². The molecule has 14 heteroatoms. The molecule has 0 bridgehead atoms. The van der Waals surface area contributed by atoms with E-state index < -0.39 is 65.9 Å². The maximum atomic E-state index is 11.5. The fraction of sp³-hybridized carbons (Fsp3) is 0.519. The first kappa shape index (κ1) is 30.4. The summed E-state index contributed by atoms with van der Waals surface area (Å²) in [6.07, 6.45) is -8.95. The predicted molar refractivity (Wildman–Crippen MR) is 137 cm³/mol. The number of benzene rings is 2. The van der Waals surface area contributed by atoms with Gasteiger partial charge in [0.1, 0.15) is 18.3 Å². The van der Waals surface area contributed by atoms with Gasteiger partial charge in [-0.2, -0.15) is 0 Å². The van der Waals surface area contributed by atoms with E-state index in [2.05, 4.69) is 0 Å². The van der Waals surface area contributed by atoms with Gasteiger partial charge in [-0.15, -0.1) is 0 Å². The molecule has 1 heterocycles. The van der Waals surface area contributed by atoms with Crippen molar-refractivity contribution in [1.29, 1.82) is 0 Å². The Hall–Kier alpha value is -3.53. The molecule has 0 radical (unpaired) electrons. The fourth-order valence-corrected chi connectivity index (χ4v) is 5.63. The van der Waals surface area contributed by atoms with Crippen molar-refractivity contribution in [2.75, 3.05) is 34.5 Å². The molecule has 1 aliphatic carbocycles. The van der Waals surface area contributed by atoms with Crippen LogP contribution in [0, 0.1) is 11.8 Å². The summed E-state index contributed by atoms with van der Waals surface area (Å²) in [5.74, 6) is -4.93. The summed E-state index contributed by atoms with van der Waals surface area (Å²) in [6, 6.07) is 4.52. The van der Waals surface area contributed by atoms with Crippen molar-refractivity contribution in [2.24, 2.45) is 11.8 Å². The number of hydrogen-bond donors (Lipinski definition) is 8. The number of carbonyl (C=O) groups is 1. The number of phenols is 3. The molecule has 2 aromatic rings. The van der Waals surface area contributed by atoms with Gasteiger partial charge in [0.25, 0.3) is 0 Å². The largest absolute Gasteiger partial charge is 0.504 e. The summed E-state index contributed by atoms with van der Waals surface area (Å²) < 4.78 is 26.9. The zero-order valence-electron chi connectivity index (χ0n) is 22.5. The molecule has 8 atom stereocenters. The van der Waals surface area contributed by atoms with E-state index in [0.717, 1.165) is 0 Å². The Labute approximate surface area is 234 Å². The molecular formula is C27H34O14. The van der Waals surface area contributed by atoms with Gasteiger partial charge in [-0.05, 0) is 47.6 Å². The number of aliphatic hydroxyl groups excluding tert-OH is 4. The van der Waals surface area contributed by atoms with Crippen LogP contribution in [-0.4, -0.2) is 112 Å². The zero-order chi connectivity index (χ0) is 30.2. The second-order valence-corrected chi connectivity index (χ2v) is 9.98. The molecule has 14 nitrogen and oxygen atoms in total. The number of phenolic OH excluding ortho intramolecular Hbond substituents is 3. The van der Waals surface area contributed by atoms with Crippen molar-refractivity contribution >= 4 is 5.97 Å². The van der Waals surface area contributed by atoms with Gasteiger partial charge >= 0.3 is 5.97 Å². The lowest BCUT2D eigenvalue weighted by atomic mass is 9.66. The number of carboxylic acid groups (broad SMARTS) is 1. The molecule has 4 rings (SSSR count). The van der Waals surface area contributed by atoms with Gasteiger partial charge < -0.3 is 64.5 Å². The van der Waals surface area contributed by atoms with Crippen LogP contribution in [0.25, 0.3) is 0 Å². The second-order valence-electron chi connectivity index (χ2n) is 9.98. The van der Waals surface area contributed by atoms with Crippen LogP contribution in [-0.2, 0) is 20.7 Å². The minimum Gasteiger partial charge on any atom is -0.504 e. The lowest BCUT2D eigenvalue weighted by Crippen LogP contribution is -2.60. The van der Waals surface area contributed by atoms with Crippen LogP contribution >= 0.6 is 0 Å². The quantitative estimate of drug-likeness (QED) is 0.177. The van der Waals surface area contributed by atoms with E-state index in [1.165, 1.54) is 39.5 Å². The first-order valence-electron chi connectivity index (χ1n) is 12.7. The van der Waals surface area contributed by atoms with E-state index in [1.54, 1.807) is 0 Å². The number of aliphatic hydroxyl groups is 4. The Bertz CT molecular complexity index is 1240. The van der Waals surface area contributed by atoms with Crippen LogP contribution in [0.4, 0.5) is 0 Å². The minimum absolute atomic E-state index is 0.0123. The molecule has 41 heavy (non-hydrogen) atoms. The standard InChI is InChI=1S/C27H34O14/c1-37-14-6-11(7-15(38-2)19(14)29)17-13(9-40-27-24(34)22(32)23(33)25(41-27)26(35)36)12(8-28)4-10-5-16(39-3)20(30)21(31)18(10)17/h5-7,12-13,17,22-25,27-34H,4,8-9H2,1-3H3,(H,35,36)/t12?,13?,17?,22-,23-,24+,25-,27+/m1/s1. The van der Waals surface area contributed by atoms with E-state index in [9.17, 15) is 45.6 Å². The third-order valence-electron chi connectivity index (χ3n) is 7.77. The zero-order valence-corrected chi connectivity index (χ0v) is 22.5. The van der Waals surface area contributed by atoms with Crippen molar-refractivity contribution in [1.82, 2.24) is 0 Å². The number of methoxy groups -OCH3 is 3. The Kier molecular flexibility index (Phi) is 9.01. The smallest absolute Gasteiger partial charge is 0.335 e.